The van der Waals surface area contributed by atoms with Crippen LogP contribution in [0.3, 0.4) is 0 Å². The number of hydrogen-bond acceptors (Lipinski definition) is 3. The highest BCUT2D eigenvalue weighted by molar-refractivity contribution is 5.92. The molecule has 1 aliphatic heterocycles. The van der Waals surface area contributed by atoms with Crippen LogP contribution in [0.25, 0.3) is 0 Å². The van der Waals surface area contributed by atoms with Gasteiger partial charge in [0.1, 0.15) is 5.82 Å². The molecule has 6 nitrogen and oxygen atoms in total. The number of likely N-dealkylation sites (tertiary alicyclic amines) is 1. The molecule has 2 aromatic carbocycles. The van der Waals surface area contributed by atoms with Crippen LogP contribution in [0.2, 0.25) is 0 Å². The highest BCUT2D eigenvalue weighted by Crippen LogP contribution is 2.20. The van der Waals surface area contributed by atoms with Gasteiger partial charge in [0.15, 0.2) is 0 Å². The first-order valence-electron chi connectivity index (χ1n) is 10.4. The smallest absolute Gasteiger partial charge is 0.230 e. The van der Waals surface area contributed by atoms with Crippen molar-refractivity contribution in [2.45, 2.75) is 25.8 Å². The van der Waals surface area contributed by atoms with Crippen molar-refractivity contribution in [3.63, 3.8) is 0 Å². The number of nitrogens with one attached hydrogen (secondary N) is 1. The van der Waals surface area contributed by atoms with Gasteiger partial charge in [0.2, 0.25) is 11.8 Å². The molecule has 0 aliphatic carbocycles. The number of hydrogen-bond donors (Lipinski definition) is 1. The van der Waals surface area contributed by atoms with Crippen LogP contribution < -0.4 is 5.32 Å². The number of aromatic nitrogens is 2. The third-order valence-corrected chi connectivity index (χ3v) is 5.49. The standard InChI is InChI=1S/C24H26N4O2/c29-23(16-19-8-3-1-4-9-19)27-15-7-12-21(18-27)24(30)26-22-13-14-25-28(22)17-20-10-5-2-6-11-20/h1-6,8-11,13-14,21H,7,12,15-18H2,(H,26,30). The lowest BCUT2D eigenvalue weighted by atomic mass is 9.96. The largest absolute Gasteiger partial charge is 0.342 e. The maximum Gasteiger partial charge on any atom is 0.230 e. The fraction of sp³-hybridized carbons (Fsp3) is 0.292. The van der Waals surface area contributed by atoms with Crippen LogP contribution in [-0.2, 0) is 22.6 Å². The number of benzene rings is 2. The third-order valence-electron chi connectivity index (χ3n) is 5.49. The molecule has 4 rings (SSSR count). The molecular weight excluding hydrogens is 376 g/mol. The molecule has 1 saturated heterocycles. The highest BCUT2D eigenvalue weighted by Gasteiger charge is 2.28. The molecule has 2 amide bonds. The summed E-state index contributed by atoms with van der Waals surface area (Å²) < 4.78 is 1.79. The summed E-state index contributed by atoms with van der Waals surface area (Å²) in [5, 5.41) is 7.35. The Morgan fingerprint density at radius 3 is 2.40 bits per heavy atom. The molecule has 1 fully saturated rings. The normalized spacial score (nSPS) is 16.3. The van der Waals surface area contributed by atoms with Crippen LogP contribution in [0, 0.1) is 5.92 Å². The number of carbonyl (C=O) groups excluding carboxylic acids is 2. The Kier molecular flexibility index (Phi) is 6.23. The van der Waals surface area contributed by atoms with Gasteiger partial charge in [-0.15, -0.1) is 0 Å². The van der Waals surface area contributed by atoms with E-state index in [2.05, 4.69) is 10.4 Å². The van der Waals surface area contributed by atoms with Crippen molar-refractivity contribution in [1.29, 1.82) is 0 Å². The number of amides is 2. The number of anilines is 1. The Morgan fingerprint density at radius 1 is 0.967 bits per heavy atom. The molecule has 1 atom stereocenters. The predicted octanol–water partition coefficient (Wildman–Crippen LogP) is 3.35. The molecule has 0 radical (unpaired) electrons. The van der Waals surface area contributed by atoms with E-state index in [0.29, 0.717) is 31.9 Å². The van der Waals surface area contributed by atoms with Crippen LogP contribution in [-0.4, -0.2) is 39.6 Å². The molecule has 6 heteroatoms. The molecule has 154 valence electrons. The molecule has 1 aromatic heterocycles. The van der Waals surface area contributed by atoms with Gasteiger partial charge in [-0.1, -0.05) is 60.7 Å². The SMILES string of the molecule is O=C(Nc1ccnn1Cc1ccccc1)C1CCCN(C(=O)Cc2ccccc2)C1. The number of rotatable bonds is 6. The summed E-state index contributed by atoms with van der Waals surface area (Å²) in [6, 6.07) is 21.6. The van der Waals surface area contributed by atoms with E-state index in [0.717, 1.165) is 24.0 Å². The van der Waals surface area contributed by atoms with Crippen LogP contribution >= 0.6 is 0 Å². The Hall–Kier alpha value is -3.41. The van der Waals surface area contributed by atoms with Crippen molar-refractivity contribution in [3.8, 4) is 0 Å². The molecule has 1 unspecified atom stereocenters. The van der Waals surface area contributed by atoms with Gasteiger partial charge in [-0.05, 0) is 24.0 Å². The molecule has 1 N–H and O–H groups in total. The lowest BCUT2D eigenvalue weighted by molar-refractivity contribution is -0.133. The number of carbonyl (C=O) groups is 2. The summed E-state index contributed by atoms with van der Waals surface area (Å²) >= 11 is 0. The topological polar surface area (TPSA) is 67.2 Å². The van der Waals surface area contributed by atoms with Gasteiger partial charge in [0.05, 0.1) is 25.1 Å². The Labute approximate surface area is 176 Å². The van der Waals surface area contributed by atoms with Gasteiger partial charge in [-0.25, -0.2) is 4.68 Å². The fourth-order valence-corrected chi connectivity index (χ4v) is 3.85. The predicted molar refractivity (Wildman–Crippen MR) is 116 cm³/mol. The van der Waals surface area contributed by atoms with Gasteiger partial charge < -0.3 is 10.2 Å². The van der Waals surface area contributed by atoms with Crippen molar-refractivity contribution >= 4 is 17.6 Å². The van der Waals surface area contributed by atoms with E-state index < -0.39 is 0 Å². The molecule has 0 bridgehead atoms. The first kappa shape index (κ1) is 19.9. The second kappa shape index (κ2) is 9.39. The quantitative estimate of drug-likeness (QED) is 0.688. The molecule has 2 heterocycles. The zero-order valence-electron chi connectivity index (χ0n) is 16.9. The maximum atomic E-state index is 12.9. The highest BCUT2D eigenvalue weighted by atomic mass is 16.2. The van der Waals surface area contributed by atoms with Gasteiger partial charge in [0.25, 0.3) is 0 Å². The minimum absolute atomic E-state index is 0.0537. The average Bonchev–Trinajstić information content (AvgIpc) is 3.21. The van der Waals surface area contributed by atoms with Crippen molar-refractivity contribution in [3.05, 3.63) is 84.1 Å². The average molecular weight is 402 g/mol. The van der Waals surface area contributed by atoms with E-state index in [4.69, 9.17) is 0 Å². The molecule has 3 aromatic rings. The first-order valence-corrected chi connectivity index (χ1v) is 10.4. The lowest BCUT2D eigenvalue weighted by Gasteiger charge is -2.32. The van der Waals surface area contributed by atoms with Gasteiger partial charge in [0, 0.05) is 19.2 Å². The summed E-state index contributed by atoms with van der Waals surface area (Å²) in [6.07, 6.45) is 3.68. The van der Waals surface area contributed by atoms with Crippen LogP contribution in [0.15, 0.2) is 72.9 Å². The Bertz CT molecular complexity index is 985. The van der Waals surface area contributed by atoms with E-state index >= 15 is 0 Å². The maximum absolute atomic E-state index is 12.9. The Morgan fingerprint density at radius 2 is 1.67 bits per heavy atom. The summed E-state index contributed by atoms with van der Waals surface area (Å²) in [6.45, 7) is 1.77. The van der Waals surface area contributed by atoms with Crippen molar-refractivity contribution < 1.29 is 9.59 Å². The van der Waals surface area contributed by atoms with Gasteiger partial charge in [-0.3, -0.25) is 9.59 Å². The van der Waals surface area contributed by atoms with E-state index in [-0.39, 0.29) is 17.7 Å². The van der Waals surface area contributed by atoms with Gasteiger partial charge >= 0.3 is 0 Å². The Balaban J connectivity index is 1.36. The van der Waals surface area contributed by atoms with Crippen LogP contribution in [0.1, 0.15) is 24.0 Å². The van der Waals surface area contributed by atoms with E-state index in [9.17, 15) is 9.59 Å². The first-order chi connectivity index (χ1) is 14.7. The molecule has 30 heavy (non-hydrogen) atoms. The van der Waals surface area contributed by atoms with E-state index in [1.165, 1.54) is 0 Å². The van der Waals surface area contributed by atoms with Crippen LogP contribution in [0.4, 0.5) is 5.82 Å². The van der Waals surface area contributed by atoms with E-state index in [1.54, 1.807) is 10.9 Å². The fourth-order valence-electron chi connectivity index (χ4n) is 3.85. The second-order valence-corrected chi connectivity index (χ2v) is 7.69. The summed E-state index contributed by atoms with van der Waals surface area (Å²) in [7, 11) is 0. The lowest BCUT2D eigenvalue weighted by Crippen LogP contribution is -2.44. The monoisotopic (exact) mass is 402 g/mol. The summed E-state index contributed by atoms with van der Waals surface area (Å²) in [5.41, 5.74) is 2.12. The summed E-state index contributed by atoms with van der Waals surface area (Å²) in [4.78, 5) is 27.4. The molecule has 0 saturated carbocycles. The summed E-state index contributed by atoms with van der Waals surface area (Å²) in [5.74, 6) is 0.491. The number of piperidine rings is 1. The molecule has 1 aliphatic rings. The van der Waals surface area contributed by atoms with Crippen molar-refractivity contribution in [2.75, 3.05) is 18.4 Å². The minimum Gasteiger partial charge on any atom is -0.342 e. The van der Waals surface area contributed by atoms with E-state index in [1.807, 2.05) is 71.6 Å². The number of nitrogens with zero attached hydrogens (tertiary/aromatic N) is 3. The minimum atomic E-state index is -0.210. The van der Waals surface area contributed by atoms with Crippen LogP contribution in [0.5, 0.6) is 0 Å². The zero-order chi connectivity index (χ0) is 20.8. The van der Waals surface area contributed by atoms with Crippen molar-refractivity contribution in [2.24, 2.45) is 5.92 Å². The van der Waals surface area contributed by atoms with Crippen molar-refractivity contribution in [1.82, 2.24) is 14.7 Å². The molecular formula is C24H26N4O2. The third kappa shape index (κ3) is 4.95. The van der Waals surface area contributed by atoms with Gasteiger partial charge in [-0.2, -0.15) is 5.10 Å². The second-order valence-electron chi connectivity index (χ2n) is 7.69. The zero-order valence-corrected chi connectivity index (χ0v) is 16.9. The molecule has 0 spiro atoms.